The van der Waals surface area contributed by atoms with Crippen molar-refractivity contribution in [1.82, 2.24) is 0 Å². The van der Waals surface area contributed by atoms with Crippen LogP contribution in [0, 0.1) is 0 Å². The molecule has 2 nitrogen and oxygen atoms in total. The Bertz CT molecular complexity index is 85.4. The predicted octanol–water partition coefficient (Wildman–Crippen LogP) is 1.34. The molecule has 6 heavy (non-hydrogen) atoms. The number of thioether (sulfide) groups is 1. The Kier molecular flexibility index (Phi) is 0.630. The molecular formula is C3H2O2S. The zero-order valence-electron chi connectivity index (χ0n) is 2.93. The normalized spacial score (nSPS) is 19.3. The number of hydrogen-bond donors (Lipinski definition) is 0. The molecule has 1 heterocycles. The molecule has 0 unspecified atom stereocenters. The first-order valence-electron chi connectivity index (χ1n) is 1.37. The molecule has 1 fully saturated rings. The molecule has 0 aliphatic carbocycles. The van der Waals surface area contributed by atoms with Gasteiger partial charge in [-0.3, -0.25) is 0 Å². The van der Waals surface area contributed by atoms with Crippen molar-refractivity contribution in [2.45, 2.75) is 0 Å². The molecule has 3 heteroatoms. The number of carbonyl (C=O) groups is 1. The molecule has 1 aliphatic heterocycles. The molecule has 0 aromatic carbocycles. The largest absolute Gasteiger partial charge is 0.411 e. The predicted molar refractivity (Wildman–Crippen MR) is 23.2 cm³/mol. The third-order valence-electron chi connectivity index (χ3n) is 0.394. The average Bonchev–Trinajstić information content (AvgIpc) is 1.33. The van der Waals surface area contributed by atoms with Gasteiger partial charge in [-0.25, -0.2) is 4.79 Å². The molecule has 1 aliphatic rings. The number of hydrogen-bond acceptors (Lipinski definition) is 3. The maximum atomic E-state index is 9.79. The van der Waals surface area contributed by atoms with Crippen molar-refractivity contribution in [3.05, 3.63) is 11.7 Å². The molecule has 0 amide bonds. The van der Waals surface area contributed by atoms with Crippen molar-refractivity contribution < 1.29 is 9.53 Å². The summed E-state index contributed by atoms with van der Waals surface area (Å²) < 4.78 is 4.27. The van der Waals surface area contributed by atoms with Crippen LogP contribution in [0.1, 0.15) is 0 Å². The molecule has 32 valence electrons. The minimum atomic E-state index is -0.250. The van der Waals surface area contributed by atoms with Crippen molar-refractivity contribution in [2.24, 2.45) is 0 Å². The fourth-order valence-corrected chi connectivity index (χ4v) is 0.522. The Hall–Kier alpha value is -0.440. The fraction of sp³-hybridized carbons (Fsp3) is 0. The van der Waals surface area contributed by atoms with Crippen LogP contribution in [-0.2, 0) is 4.74 Å². The quantitative estimate of drug-likeness (QED) is 0.432. The first-order chi connectivity index (χ1) is 2.79. The van der Waals surface area contributed by atoms with E-state index in [1.54, 1.807) is 0 Å². The van der Waals surface area contributed by atoms with Gasteiger partial charge in [0.05, 0.1) is 0 Å². The van der Waals surface area contributed by atoms with E-state index in [0.717, 1.165) is 11.8 Å². The van der Waals surface area contributed by atoms with Crippen LogP contribution < -0.4 is 0 Å². The van der Waals surface area contributed by atoms with Gasteiger partial charge in [0.2, 0.25) is 0 Å². The second-order valence-corrected chi connectivity index (χ2v) is 1.82. The molecule has 0 aromatic rings. The van der Waals surface area contributed by atoms with Crippen LogP contribution in [0.5, 0.6) is 0 Å². The smallest absolute Gasteiger partial charge is 0.381 e. The SMILES string of the molecule is C=C1OC(=O)S1. The van der Waals surface area contributed by atoms with Gasteiger partial charge in [0.15, 0.2) is 5.09 Å². The van der Waals surface area contributed by atoms with Crippen LogP contribution in [0.25, 0.3) is 0 Å². The van der Waals surface area contributed by atoms with E-state index >= 15 is 0 Å². The summed E-state index contributed by atoms with van der Waals surface area (Å²) in [6.45, 7) is 3.33. The highest BCUT2D eigenvalue weighted by Crippen LogP contribution is 2.29. The minimum Gasteiger partial charge on any atom is -0.411 e. The molecule has 0 radical (unpaired) electrons. The Morgan fingerprint density at radius 2 is 2.33 bits per heavy atom. The van der Waals surface area contributed by atoms with Crippen molar-refractivity contribution in [1.29, 1.82) is 0 Å². The first-order valence-corrected chi connectivity index (χ1v) is 2.19. The number of ether oxygens (including phenoxy) is 1. The lowest BCUT2D eigenvalue weighted by molar-refractivity contribution is 0.203. The Morgan fingerprint density at radius 3 is 2.33 bits per heavy atom. The zero-order valence-corrected chi connectivity index (χ0v) is 3.75. The lowest BCUT2D eigenvalue weighted by Gasteiger charge is -2.10. The monoisotopic (exact) mass is 102 g/mol. The first kappa shape index (κ1) is 3.74. The van der Waals surface area contributed by atoms with Crippen molar-refractivity contribution in [3.63, 3.8) is 0 Å². The Labute approximate surface area is 39.2 Å². The lowest BCUT2D eigenvalue weighted by atomic mass is 11.1. The van der Waals surface area contributed by atoms with Crippen molar-refractivity contribution >= 4 is 17.1 Å². The topological polar surface area (TPSA) is 26.3 Å². The van der Waals surface area contributed by atoms with Crippen LogP contribution in [0.15, 0.2) is 11.7 Å². The minimum absolute atomic E-state index is 0.250. The summed E-state index contributed by atoms with van der Waals surface area (Å²) in [7, 11) is 0. The standard InChI is InChI=1S/C3H2O2S/c1-2-5-3(4)6-2/h1H2. The van der Waals surface area contributed by atoms with E-state index in [-0.39, 0.29) is 5.30 Å². The summed E-state index contributed by atoms with van der Waals surface area (Å²) in [5.41, 5.74) is 0. The fourth-order valence-electron chi connectivity index (χ4n) is 0.194. The van der Waals surface area contributed by atoms with Crippen LogP contribution in [0.4, 0.5) is 4.79 Å². The Morgan fingerprint density at radius 1 is 1.83 bits per heavy atom. The molecule has 0 atom stereocenters. The molecule has 0 aromatic heterocycles. The maximum absolute atomic E-state index is 9.79. The van der Waals surface area contributed by atoms with Crippen LogP contribution in [0.2, 0.25) is 0 Å². The van der Waals surface area contributed by atoms with Gasteiger partial charge in [0.1, 0.15) is 0 Å². The van der Waals surface area contributed by atoms with E-state index in [2.05, 4.69) is 11.3 Å². The zero-order chi connectivity index (χ0) is 4.57. The summed E-state index contributed by atoms with van der Waals surface area (Å²) in [6.07, 6.45) is 0. The highest BCUT2D eigenvalue weighted by Gasteiger charge is 2.19. The van der Waals surface area contributed by atoms with E-state index in [1.165, 1.54) is 0 Å². The molecule has 0 N–H and O–H groups in total. The average molecular weight is 102 g/mol. The van der Waals surface area contributed by atoms with Crippen molar-refractivity contribution in [2.75, 3.05) is 0 Å². The molecule has 0 saturated carbocycles. The van der Waals surface area contributed by atoms with E-state index in [0.29, 0.717) is 5.09 Å². The van der Waals surface area contributed by atoms with Gasteiger partial charge >= 0.3 is 5.30 Å². The van der Waals surface area contributed by atoms with Gasteiger partial charge in [-0.1, -0.05) is 0 Å². The maximum Gasteiger partial charge on any atom is 0.381 e. The van der Waals surface area contributed by atoms with Crippen LogP contribution in [0.3, 0.4) is 0 Å². The highest BCUT2D eigenvalue weighted by molar-refractivity contribution is 8.18. The molecule has 0 bridgehead atoms. The van der Waals surface area contributed by atoms with Gasteiger partial charge in [-0.05, 0) is 6.58 Å². The number of rotatable bonds is 0. The van der Waals surface area contributed by atoms with Crippen LogP contribution >= 0.6 is 11.8 Å². The second-order valence-electron chi connectivity index (χ2n) is 0.826. The summed E-state index contributed by atoms with van der Waals surface area (Å²) in [6, 6.07) is 0. The van der Waals surface area contributed by atoms with Gasteiger partial charge < -0.3 is 4.74 Å². The van der Waals surface area contributed by atoms with Gasteiger partial charge in [-0.15, -0.1) is 0 Å². The third kappa shape index (κ3) is 0.408. The van der Waals surface area contributed by atoms with Gasteiger partial charge in [-0.2, -0.15) is 0 Å². The summed E-state index contributed by atoms with van der Waals surface area (Å²) in [4.78, 5) is 9.79. The molecule has 0 spiro atoms. The van der Waals surface area contributed by atoms with E-state index in [9.17, 15) is 4.79 Å². The second kappa shape index (κ2) is 1.01. The summed E-state index contributed by atoms with van der Waals surface area (Å²) in [5.74, 6) is 0. The van der Waals surface area contributed by atoms with Crippen LogP contribution in [-0.4, -0.2) is 5.30 Å². The Balaban J connectivity index is 2.47. The number of cyclic esters (lactones) is 1. The van der Waals surface area contributed by atoms with Gasteiger partial charge in [0.25, 0.3) is 0 Å². The summed E-state index contributed by atoms with van der Waals surface area (Å²) in [5, 5.41) is 0.250. The van der Waals surface area contributed by atoms with E-state index in [1.807, 2.05) is 0 Å². The highest BCUT2D eigenvalue weighted by atomic mass is 32.2. The van der Waals surface area contributed by atoms with E-state index in [4.69, 9.17) is 0 Å². The van der Waals surface area contributed by atoms with Gasteiger partial charge in [0, 0.05) is 11.8 Å². The third-order valence-corrected chi connectivity index (χ3v) is 0.955. The lowest BCUT2D eigenvalue weighted by Crippen LogP contribution is -2.05. The molecular weight excluding hydrogens is 100 g/mol. The number of carbonyl (C=O) groups excluding carboxylic acids is 1. The van der Waals surface area contributed by atoms with E-state index < -0.39 is 0 Å². The molecule has 1 rings (SSSR count). The summed E-state index contributed by atoms with van der Waals surface area (Å²) >= 11 is 1.03. The van der Waals surface area contributed by atoms with Crippen molar-refractivity contribution in [3.8, 4) is 0 Å². The molecule has 1 saturated heterocycles.